The van der Waals surface area contributed by atoms with Gasteiger partial charge in [0.1, 0.15) is 17.2 Å². The number of hydrogen-bond donors (Lipinski definition) is 2. The smallest absolute Gasteiger partial charge is 0.325 e. The summed E-state index contributed by atoms with van der Waals surface area (Å²) in [6, 6.07) is 2.02. The zero-order valence-electron chi connectivity index (χ0n) is 10.9. The molecule has 0 amide bonds. The molecule has 0 fully saturated rings. The van der Waals surface area contributed by atoms with Crippen molar-refractivity contribution >= 4 is 39.3 Å². The molecule has 0 aliphatic rings. The molecule has 102 valence electrons. The van der Waals surface area contributed by atoms with Gasteiger partial charge in [0.25, 0.3) is 0 Å². The van der Waals surface area contributed by atoms with E-state index in [0.29, 0.717) is 12.4 Å². The van der Waals surface area contributed by atoms with Gasteiger partial charge in [0.05, 0.1) is 12.0 Å². The number of anilines is 2. The standard InChI is InChI=1S/C12H16N4O2S/c1-3-7-5-8-10(14-6-9(17)18-4-2)15-12(13)16-11(8)19-7/h5H,3-4,6H2,1-2H3,(H3,13,14,15,16). The van der Waals surface area contributed by atoms with Crippen LogP contribution in [0, 0.1) is 0 Å². The molecule has 0 radical (unpaired) electrons. The van der Waals surface area contributed by atoms with Crippen LogP contribution < -0.4 is 11.1 Å². The number of rotatable bonds is 5. The van der Waals surface area contributed by atoms with Crippen molar-refractivity contribution in [3.63, 3.8) is 0 Å². The van der Waals surface area contributed by atoms with E-state index in [4.69, 9.17) is 10.5 Å². The van der Waals surface area contributed by atoms with Gasteiger partial charge >= 0.3 is 5.97 Å². The molecule has 0 atom stereocenters. The Hall–Kier alpha value is -1.89. The number of nitrogens with one attached hydrogen (secondary N) is 1. The third-order valence-electron chi connectivity index (χ3n) is 2.52. The van der Waals surface area contributed by atoms with Gasteiger partial charge in [-0.2, -0.15) is 4.98 Å². The maximum atomic E-state index is 11.3. The maximum absolute atomic E-state index is 11.3. The van der Waals surface area contributed by atoms with Crippen molar-refractivity contribution in [2.45, 2.75) is 20.3 Å². The molecule has 0 aromatic carbocycles. The van der Waals surface area contributed by atoms with E-state index >= 15 is 0 Å². The summed E-state index contributed by atoms with van der Waals surface area (Å²) in [4.78, 5) is 21.7. The number of nitrogens with zero attached hydrogens (tertiary/aromatic N) is 2. The second-order valence-electron chi connectivity index (χ2n) is 3.87. The van der Waals surface area contributed by atoms with E-state index in [1.807, 2.05) is 6.07 Å². The van der Waals surface area contributed by atoms with Crippen LogP contribution in [0.5, 0.6) is 0 Å². The first-order valence-electron chi connectivity index (χ1n) is 6.09. The summed E-state index contributed by atoms with van der Waals surface area (Å²) in [6.45, 7) is 4.27. The highest BCUT2D eigenvalue weighted by Crippen LogP contribution is 2.29. The molecule has 2 aromatic heterocycles. The fourth-order valence-electron chi connectivity index (χ4n) is 1.66. The summed E-state index contributed by atoms with van der Waals surface area (Å²) in [5.74, 6) is 0.452. The molecule has 3 N–H and O–H groups in total. The van der Waals surface area contributed by atoms with Gasteiger partial charge < -0.3 is 15.8 Å². The Morgan fingerprint density at radius 2 is 2.26 bits per heavy atom. The van der Waals surface area contributed by atoms with Crippen molar-refractivity contribution in [3.05, 3.63) is 10.9 Å². The van der Waals surface area contributed by atoms with E-state index in [0.717, 1.165) is 16.6 Å². The Balaban J connectivity index is 2.25. The third-order valence-corrected chi connectivity index (χ3v) is 3.69. The SMILES string of the molecule is CCOC(=O)CNc1nc(N)nc2sc(CC)cc12. The van der Waals surface area contributed by atoms with Gasteiger partial charge in [0.2, 0.25) is 5.95 Å². The fraction of sp³-hybridized carbons (Fsp3) is 0.417. The van der Waals surface area contributed by atoms with Crippen LogP contribution in [0.15, 0.2) is 6.07 Å². The van der Waals surface area contributed by atoms with E-state index < -0.39 is 0 Å². The molecule has 0 saturated carbocycles. The summed E-state index contributed by atoms with van der Waals surface area (Å²) in [5, 5.41) is 3.84. The largest absolute Gasteiger partial charge is 0.465 e. The van der Waals surface area contributed by atoms with E-state index in [9.17, 15) is 4.79 Å². The zero-order chi connectivity index (χ0) is 13.8. The molecule has 0 aliphatic heterocycles. The minimum Gasteiger partial charge on any atom is -0.465 e. The highest BCUT2D eigenvalue weighted by molar-refractivity contribution is 7.18. The van der Waals surface area contributed by atoms with E-state index in [1.165, 1.54) is 4.88 Å². The summed E-state index contributed by atoms with van der Waals surface area (Å²) < 4.78 is 4.86. The molecule has 0 saturated heterocycles. The summed E-state index contributed by atoms with van der Waals surface area (Å²) >= 11 is 1.58. The highest BCUT2D eigenvalue weighted by atomic mass is 32.1. The number of esters is 1. The van der Waals surface area contributed by atoms with Crippen molar-refractivity contribution in [1.29, 1.82) is 0 Å². The second-order valence-corrected chi connectivity index (χ2v) is 4.99. The Labute approximate surface area is 115 Å². The Kier molecular flexibility index (Phi) is 4.16. The van der Waals surface area contributed by atoms with E-state index in [-0.39, 0.29) is 18.5 Å². The number of fused-ring (bicyclic) bond motifs is 1. The van der Waals surface area contributed by atoms with Gasteiger partial charge in [-0.25, -0.2) is 4.98 Å². The Morgan fingerprint density at radius 3 is 2.95 bits per heavy atom. The van der Waals surface area contributed by atoms with Crippen molar-refractivity contribution in [2.75, 3.05) is 24.2 Å². The topological polar surface area (TPSA) is 90.1 Å². The van der Waals surface area contributed by atoms with Gasteiger partial charge in [-0.1, -0.05) is 6.92 Å². The van der Waals surface area contributed by atoms with Crippen molar-refractivity contribution < 1.29 is 9.53 Å². The van der Waals surface area contributed by atoms with Gasteiger partial charge in [0, 0.05) is 4.88 Å². The number of nitrogen functional groups attached to an aromatic ring is 1. The molecular formula is C12H16N4O2S. The number of carbonyl (C=O) groups is 1. The van der Waals surface area contributed by atoms with E-state index in [2.05, 4.69) is 22.2 Å². The number of carbonyl (C=O) groups excluding carboxylic acids is 1. The third kappa shape index (κ3) is 3.11. The number of aromatic nitrogens is 2. The lowest BCUT2D eigenvalue weighted by atomic mass is 10.3. The predicted molar refractivity (Wildman–Crippen MR) is 76.3 cm³/mol. The molecule has 0 bridgehead atoms. The normalized spacial score (nSPS) is 10.6. The van der Waals surface area contributed by atoms with Crippen LogP contribution in [0.2, 0.25) is 0 Å². The van der Waals surface area contributed by atoms with Crippen molar-refractivity contribution in [2.24, 2.45) is 0 Å². The summed E-state index contributed by atoms with van der Waals surface area (Å²) in [7, 11) is 0. The second kappa shape index (κ2) is 5.83. The molecule has 6 nitrogen and oxygen atoms in total. The predicted octanol–water partition coefficient (Wildman–Crippen LogP) is 1.81. The molecule has 0 unspecified atom stereocenters. The van der Waals surface area contributed by atoms with Crippen LogP contribution in [-0.4, -0.2) is 29.1 Å². The van der Waals surface area contributed by atoms with Gasteiger partial charge in [0.15, 0.2) is 0 Å². The molecule has 0 aliphatic carbocycles. The maximum Gasteiger partial charge on any atom is 0.325 e. The minimum atomic E-state index is -0.321. The lowest BCUT2D eigenvalue weighted by Gasteiger charge is -2.06. The highest BCUT2D eigenvalue weighted by Gasteiger charge is 2.11. The first-order chi connectivity index (χ1) is 9.13. The fourth-order valence-corrected chi connectivity index (χ4v) is 2.64. The Bertz CT molecular complexity index is 597. The first kappa shape index (κ1) is 13.5. The minimum absolute atomic E-state index is 0.0662. The molecular weight excluding hydrogens is 264 g/mol. The van der Waals surface area contributed by atoms with Gasteiger partial charge in [-0.3, -0.25) is 4.79 Å². The first-order valence-corrected chi connectivity index (χ1v) is 6.91. The van der Waals surface area contributed by atoms with Gasteiger partial charge in [-0.15, -0.1) is 11.3 Å². The van der Waals surface area contributed by atoms with Crippen LogP contribution in [0.25, 0.3) is 10.2 Å². The monoisotopic (exact) mass is 280 g/mol. The van der Waals surface area contributed by atoms with Crippen LogP contribution in [0.4, 0.5) is 11.8 Å². The molecule has 2 heterocycles. The lowest BCUT2D eigenvalue weighted by molar-refractivity contribution is -0.140. The summed E-state index contributed by atoms with van der Waals surface area (Å²) in [6.07, 6.45) is 0.929. The molecule has 7 heteroatoms. The number of hydrogen-bond acceptors (Lipinski definition) is 7. The quantitative estimate of drug-likeness (QED) is 0.812. The van der Waals surface area contributed by atoms with Crippen LogP contribution in [-0.2, 0) is 16.0 Å². The van der Waals surface area contributed by atoms with Gasteiger partial charge in [-0.05, 0) is 19.4 Å². The number of nitrogens with two attached hydrogens (primary N) is 1. The average molecular weight is 280 g/mol. The van der Waals surface area contributed by atoms with Crippen molar-refractivity contribution in [3.8, 4) is 0 Å². The molecule has 2 rings (SSSR count). The van der Waals surface area contributed by atoms with Crippen LogP contribution in [0.3, 0.4) is 0 Å². The molecule has 0 spiro atoms. The molecule has 19 heavy (non-hydrogen) atoms. The average Bonchev–Trinajstić information content (AvgIpc) is 2.79. The van der Waals surface area contributed by atoms with E-state index in [1.54, 1.807) is 18.3 Å². The summed E-state index contributed by atoms with van der Waals surface area (Å²) in [5.41, 5.74) is 5.67. The zero-order valence-corrected chi connectivity index (χ0v) is 11.7. The Morgan fingerprint density at radius 1 is 1.47 bits per heavy atom. The van der Waals surface area contributed by atoms with Crippen molar-refractivity contribution in [1.82, 2.24) is 9.97 Å². The lowest BCUT2D eigenvalue weighted by Crippen LogP contribution is -2.17. The number of aryl methyl sites for hydroxylation is 1. The van der Waals surface area contributed by atoms with Crippen LogP contribution in [0.1, 0.15) is 18.7 Å². The number of ether oxygens (including phenoxy) is 1. The number of thiophene rings is 1. The molecule has 2 aromatic rings. The van der Waals surface area contributed by atoms with Crippen LogP contribution >= 0.6 is 11.3 Å².